The Morgan fingerprint density at radius 1 is 0.797 bits per heavy atom. The molecule has 1 aromatic heterocycles. The van der Waals surface area contributed by atoms with Gasteiger partial charge in [0, 0.05) is 58.3 Å². The molecule has 4 heteroatoms. The molecule has 2 N–H and O–H groups in total. The molecule has 4 aromatic carbocycles. The van der Waals surface area contributed by atoms with Crippen LogP contribution in [0.2, 0.25) is 0 Å². The molecule has 0 fully saturated rings. The number of aryl methyl sites for hydroxylation is 1. The Balaban J connectivity index is 0.00000142. The Morgan fingerprint density at radius 3 is 2.42 bits per heavy atom. The van der Waals surface area contributed by atoms with Crippen molar-refractivity contribution in [2.24, 2.45) is 11.8 Å². The maximum atomic E-state index is 6.20. The van der Waals surface area contributed by atoms with Gasteiger partial charge < -0.3 is 20.0 Å². The molecular formula is C55H63N3O. The first-order chi connectivity index (χ1) is 29.2. The van der Waals surface area contributed by atoms with E-state index in [1.165, 1.54) is 50.3 Å². The first-order valence-electron chi connectivity index (χ1n) is 22.0. The van der Waals surface area contributed by atoms with Gasteiger partial charge in [-0.05, 0) is 103 Å². The standard InChI is InChI=1S/C51H51N3O.2C2H6/c1-3-4-24-44(38-19-16-28-49-41(32-31-38)21-15-20-40-18-11-13-27-48(40)54(49)43-22-7-5-8-23-43)37(2)29-30-39-17-10-12-26-47(39)53-42-33-34-50-46(36-42)45-25-9-6-14-35-52-51(45)55-50;2*1-2/h4-8,10-19,21-24,26-27,29-31,33-34,36-37,44,52-53H,3,9,20,25,28,32,35H2,1-2H3;2*1-2H3/b14-6?,19-16?,21-15?,24-4-,30-29-,38-31+,49-41+;;. The van der Waals surface area contributed by atoms with Gasteiger partial charge in [-0.3, -0.25) is 0 Å². The van der Waals surface area contributed by atoms with E-state index < -0.39 is 0 Å². The van der Waals surface area contributed by atoms with E-state index in [1.807, 2.05) is 27.7 Å². The van der Waals surface area contributed by atoms with Gasteiger partial charge >= 0.3 is 0 Å². The van der Waals surface area contributed by atoms with E-state index in [0.29, 0.717) is 0 Å². The Labute approximate surface area is 354 Å². The minimum absolute atomic E-state index is 0.254. The predicted molar refractivity (Wildman–Crippen MR) is 257 cm³/mol. The Bertz CT molecular complexity index is 2350. The van der Waals surface area contributed by atoms with Crippen LogP contribution in [0.5, 0.6) is 0 Å². The molecule has 2 atom stereocenters. The van der Waals surface area contributed by atoms with Crippen LogP contribution in [-0.4, -0.2) is 6.54 Å². The third-order valence-corrected chi connectivity index (χ3v) is 11.0. The lowest BCUT2D eigenvalue weighted by molar-refractivity contribution is 0.591. The smallest absolute Gasteiger partial charge is 0.197 e. The highest BCUT2D eigenvalue weighted by molar-refractivity contribution is 5.90. The van der Waals surface area contributed by atoms with Crippen molar-refractivity contribution in [3.05, 3.63) is 191 Å². The highest BCUT2D eigenvalue weighted by Crippen LogP contribution is 2.40. The SMILES string of the molecule is CC.CC.CC/C=C\C(/C1=C/C/C2=C(\CC=C1)N(c1ccccc1)c1ccccc1CC=C2)C(C)/C=C\c1ccccc1Nc1ccc2oc3c(c2c1)CCC=CCN3. The van der Waals surface area contributed by atoms with Gasteiger partial charge in [0.25, 0.3) is 0 Å². The molecule has 304 valence electrons. The monoisotopic (exact) mass is 781 g/mol. The van der Waals surface area contributed by atoms with E-state index in [0.717, 1.165) is 67.9 Å². The lowest BCUT2D eigenvalue weighted by atomic mass is 9.83. The van der Waals surface area contributed by atoms with Crippen molar-refractivity contribution < 1.29 is 4.42 Å². The zero-order valence-corrected chi connectivity index (χ0v) is 36.0. The highest BCUT2D eigenvalue weighted by atomic mass is 16.3. The van der Waals surface area contributed by atoms with E-state index in [9.17, 15) is 0 Å². The molecule has 0 bridgehead atoms. The lowest BCUT2D eigenvalue weighted by Crippen LogP contribution is -2.21. The molecule has 0 spiro atoms. The van der Waals surface area contributed by atoms with E-state index in [-0.39, 0.29) is 11.8 Å². The normalized spacial score (nSPS) is 18.1. The van der Waals surface area contributed by atoms with Crippen molar-refractivity contribution >= 4 is 45.7 Å². The molecule has 59 heavy (non-hydrogen) atoms. The summed E-state index contributed by atoms with van der Waals surface area (Å²) in [5, 5.41) is 8.34. The molecule has 1 aliphatic carbocycles. The Hall–Kier alpha value is -6.00. The van der Waals surface area contributed by atoms with Gasteiger partial charge in [0.05, 0.1) is 0 Å². The molecule has 0 radical (unpaired) electrons. The zero-order chi connectivity index (χ0) is 41.4. The summed E-state index contributed by atoms with van der Waals surface area (Å²) >= 11 is 0. The van der Waals surface area contributed by atoms with Crippen LogP contribution >= 0.6 is 0 Å². The van der Waals surface area contributed by atoms with Crippen LogP contribution in [0.3, 0.4) is 0 Å². The van der Waals surface area contributed by atoms with Gasteiger partial charge in [0.1, 0.15) is 5.58 Å². The van der Waals surface area contributed by atoms with Gasteiger partial charge in [-0.1, -0.05) is 163 Å². The van der Waals surface area contributed by atoms with Crippen molar-refractivity contribution in [3.63, 3.8) is 0 Å². The quantitative estimate of drug-likeness (QED) is 0.146. The maximum absolute atomic E-state index is 6.20. The number of nitrogens with one attached hydrogen (secondary N) is 2. The summed E-state index contributed by atoms with van der Waals surface area (Å²) in [4.78, 5) is 2.49. The van der Waals surface area contributed by atoms with Crippen molar-refractivity contribution in [2.45, 2.75) is 80.1 Å². The second-order valence-electron chi connectivity index (χ2n) is 14.7. The van der Waals surface area contributed by atoms with Crippen LogP contribution in [-0.2, 0) is 12.8 Å². The summed E-state index contributed by atoms with van der Waals surface area (Å²) in [5.74, 6) is 1.43. The second-order valence-corrected chi connectivity index (χ2v) is 14.7. The molecule has 8 rings (SSSR count). The molecular weight excluding hydrogens is 719 g/mol. The van der Waals surface area contributed by atoms with Crippen molar-refractivity contribution in [1.82, 2.24) is 0 Å². The van der Waals surface area contributed by atoms with Crippen molar-refractivity contribution in [1.29, 1.82) is 0 Å². The van der Waals surface area contributed by atoms with Crippen LogP contribution in [0.15, 0.2) is 179 Å². The van der Waals surface area contributed by atoms with E-state index in [2.05, 4.69) is 193 Å². The van der Waals surface area contributed by atoms with E-state index in [1.54, 1.807) is 0 Å². The highest BCUT2D eigenvalue weighted by Gasteiger charge is 2.23. The molecule has 0 saturated carbocycles. The average Bonchev–Trinajstić information content (AvgIpc) is 3.59. The summed E-state index contributed by atoms with van der Waals surface area (Å²) in [6.45, 7) is 13.4. The number of hydrogen-bond donors (Lipinski definition) is 2. The van der Waals surface area contributed by atoms with Gasteiger partial charge in [0.15, 0.2) is 5.88 Å². The van der Waals surface area contributed by atoms with Crippen LogP contribution in [0, 0.1) is 11.8 Å². The zero-order valence-electron chi connectivity index (χ0n) is 36.0. The minimum Gasteiger partial charge on any atom is -0.440 e. The Kier molecular flexibility index (Phi) is 15.6. The van der Waals surface area contributed by atoms with E-state index in [4.69, 9.17) is 4.42 Å². The molecule has 2 unspecified atom stereocenters. The first-order valence-corrected chi connectivity index (χ1v) is 22.0. The number of furan rings is 1. The summed E-state index contributed by atoms with van der Waals surface area (Å²) < 4.78 is 6.20. The summed E-state index contributed by atoms with van der Waals surface area (Å²) in [5.41, 5.74) is 13.4. The number of nitrogens with zero attached hydrogens (tertiary/aromatic N) is 1. The number of hydrogen-bond acceptors (Lipinski definition) is 4. The molecule has 3 aliphatic rings. The first kappa shape index (κ1) is 42.6. The summed E-state index contributed by atoms with van der Waals surface area (Å²) in [6.07, 6.45) is 31.4. The Morgan fingerprint density at radius 2 is 1.58 bits per heavy atom. The molecule has 3 heterocycles. The van der Waals surface area contributed by atoms with Gasteiger partial charge in [-0.25, -0.2) is 0 Å². The van der Waals surface area contributed by atoms with Crippen LogP contribution in [0.4, 0.5) is 28.6 Å². The third-order valence-electron chi connectivity index (χ3n) is 11.0. The number of benzene rings is 4. The lowest BCUT2D eigenvalue weighted by Gasteiger charge is -2.33. The van der Waals surface area contributed by atoms with Crippen LogP contribution in [0.25, 0.3) is 17.0 Å². The van der Waals surface area contributed by atoms with Gasteiger partial charge in [-0.15, -0.1) is 0 Å². The molecule has 0 saturated heterocycles. The number of allylic oxidation sites excluding steroid dienone is 11. The van der Waals surface area contributed by atoms with Crippen molar-refractivity contribution in [2.75, 3.05) is 22.1 Å². The fraction of sp³-hybridized carbons (Fsp3) is 0.273. The minimum atomic E-state index is 0.254. The maximum Gasteiger partial charge on any atom is 0.197 e. The van der Waals surface area contributed by atoms with Crippen molar-refractivity contribution in [3.8, 4) is 0 Å². The molecule has 0 amide bonds. The number of anilines is 5. The molecule has 2 aliphatic heterocycles. The summed E-state index contributed by atoms with van der Waals surface area (Å²) in [6, 6.07) is 34.7. The molecule has 4 nitrogen and oxygen atoms in total. The number of para-hydroxylation sites is 3. The predicted octanol–water partition coefficient (Wildman–Crippen LogP) is 15.9. The summed E-state index contributed by atoms with van der Waals surface area (Å²) in [7, 11) is 0. The number of fused-ring (bicyclic) bond motifs is 4. The second kappa shape index (κ2) is 21.7. The van der Waals surface area contributed by atoms with E-state index >= 15 is 0 Å². The fourth-order valence-electron chi connectivity index (χ4n) is 8.10. The fourth-order valence-corrected chi connectivity index (χ4v) is 8.10. The average molecular weight is 782 g/mol. The van der Waals surface area contributed by atoms with Crippen LogP contribution in [0.1, 0.15) is 83.9 Å². The van der Waals surface area contributed by atoms with Gasteiger partial charge in [0.2, 0.25) is 0 Å². The largest absolute Gasteiger partial charge is 0.440 e. The van der Waals surface area contributed by atoms with Crippen LogP contribution < -0.4 is 15.5 Å². The third kappa shape index (κ3) is 10.4. The molecule has 5 aromatic rings. The topological polar surface area (TPSA) is 40.4 Å². The van der Waals surface area contributed by atoms with Gasteiger partial charge in [-0.2, -0.15) is 0 Å². The number of rotatable bonds is 9.